The van der Waals surface area contributed by atoms with Crippen LogP contribution in [0, 0.1) is 5.82 Å². The Morgan fingerprint density at radius 1 is 1.63 bits per heavy atom. The lowest BCUT2D eigenvalue weighted by Crippen LogP contribution is -2.46. The molecule has 0 unspecified atom stereocenters. The molecule has 1 saturated heterocycles. The zero-order valence-corrected chi connectivity index (χ0v) is 12.2. The van der Waals surface area contributed by atoms with E-state index in [4.69, 9.17) is 4.74 Å². The first-order valence-electron chi connectivity index (χ1n) is 5.96. The number of hydrogen-bond acceptors (Lipinski definition) is 4. The van der Waals surface area contributed by atoms with Crippen molar-refractivity contribution in [1.82, 2.24) is 4.90 Å². The smallest absolute Gasteiger partial charge is 0.336 e. The number of esters is 1. The van der Waals surface area contributed by atoms with Gasteiger partial charge in [0.2, 0.25) is 0 Å². The summed E-state index contributed by atoms with van der Waals surface area (Å²) in [6.45, 7) is 2.19. The lowest BCUT2D eigenvalue weighted by atomic mass is 10.2. The van der Waals surface area contributed by atoms with Crippen LogP contribution in [0.3, 0.4) is 0 Å². The highest BCUT2D eigenvalue weighted by Gasteiger charge is 2.27. The molecule has 0 spiro atoms. The molecule has 0 radical (unpaired) electrons. The van der Waals surface area contributed by atoms with Gasteiger partial charge < -0.3 is 9.47 Å². The third-order valence-corrected chi connectivity index (χ3v) is 3.79. The number of carbonyl (C=O) groups is 1. The van der Waals surface area contributed by atoms with E-state index in [1.54, 1.807) is 6.07 Å². The van der Waals surface area contributed by atoms with E-state index in [0.717, 1.165) is 10.0 Å². The number of nitrogens with zero attached hydrogens (tertiary/aromatic N) is 1. The van der Waals surface area contributed by atoms with Gasteiger partial charge in [0, 0.05) is 24.1 Å². The number of ether oxygens (including phenoxy) is 2. The number of benzene rings is 1. The quantitative estimate of drug-likeness (QED) is 0.794. The maximum atomic E-state index is 13.2. The zero-order valence-electron chi connectivity index (χ0n) is 10.6. The Bertz CT molecular complexity index is 469. The van der Waals surface area contributed by atoms with Crippen LogP contribution in [0.15, 0.2) is 22.7 Å². The number of methoxy groups -OCH3 is 1. The Kier molecular flexibility index (Phi) is 4.90. The molecule has 1 aromatic carbocycles. The van der Waals surface area contributed by atoms with Crippen LogP contribution < -0.4 is 0 Å². The number of rotatable bonds is 3. The number of carbonyl (C=O) groups excluding carboxylic acids is 1. The minimum Gasteiger partial charge on any atom is -0.467 e. The van der Waals surface area contributed by atoms with E-state index in [1.807, 2.05) is 4.90 Å². The van der Waals surface area contributed by atoms with Crippen molar-refractivity contribution in [3.8, 4) is 0 Å². The van der Waals surface area contributed by atoms with Gasteiger partial charge in [-0.25, -0.2) is 9.18 Å². The second kappa shape index (κ2) is 6.45. The summed E-state index contributed by atoms with van der Waals surface area (Å²) in [7, 11) is 1.34. The highest BCUT2D eigenvalue weighted by molar-refractivity contribution is 9.10. The van der Waals surface area contributed by atoms with E-state index >= 15 is 0 Å². The molecular formula is C13H15BrFNO3. The van der Waals surface area contributed by atoms with Crippen LogP contribution in [0.5, 0.6) is 0 Å². The summed E-state index contributed by atoms with van der Waals surface area (Å²) in [5.41, 5.74) is 0.852. The van der Waals surface area contributed by atoms with Gasteiger partial charge in [-0.3, -0.25) is 4.90 Å². The molecular weight excluding hydrogens is 317 g/mol. The van der Waals surface area contributed by atoms with Gasteiger partial charge >= 0.3 is 5.97 Å². The summed E-state index contributed by atoms with van der Waals surface area (Å²) in [6, 6.07) is 4.58. The molecule has 2 rings (SSSR count). The molecule has 0 N–H and O–H groups in total. The molecule has 4 nitrogen and oxygen atoms in total. The second-order valence-electron chi connectivity index (χ2n) is 4.35. The first-order chi connectivity index (χ1) is 9.10. The van der Waals surface area contributed by atoms with Gasteiger partial charge in [0.1, 0.15) is 5.82 Å². The summed E-state index contributed by atoms with van der Waals surface area (Å²) >= 11 is 3.40. The standard InChI is InChI=1S/C13H15BrFNO3/c1-18-13(17)12-8-16(4-5-19-12)7-9-6-10(15)2-3-11(9)14/h2-3,6,12H,4-5,7-8H2,1H3/t12-/m0/s1. The van der Waals surface area contributed by atoms with Crippen molar-refractivity contribution in [3.63, 3.8) is 0 Å². The van der Waals surface area contributed by atoms with E-state index in [9.17, 15) is 9.18 Å². The average Bonchev–Trinajstić information content (AvgIpc) is 2.42. The maximum absolute atomic E-state index is 13.2. The fourth-order valence-electron chi connectivity index (χ4n) is 2.03. The monoisotopic (exact) mass is 331 g/mol. The summed E-state index contributed by atoms with van der Waals surface area (Å²) in [6.07, 6.45) is -0.564. The molecule has 1 aliphatic rings. The topological polar surface area (TPSA) is 38.8 Å². The molecule has 104 valence electrons. The van der Waals surface area contributed by atoms with Crippen molar-refractivity contribution in [2.45, 2.75) is 12.6 Å². The third-order valence-electron chi connectivity index (χ3n) is 3.02. The predicted octanol–water partition coefficient (Wildman–Crippen LogP) is 1.96. The van der Waals surface area contributed by atoms with Crippen molar-refractivity contribution >= 4 is 21.9 Å². The predicted molar refractivity (Wildman–Crippen MR) is 71.1 cm³/mol. The van der Waals surface area contributed by atoms with Crippen molar-refractivity contribution in [1.29, 1.82) is 0 Å². The van der Waals surface area contributed by atoms with E-state index in [2.05, 4.69) is 20.7 Å². The average molecular weight is 332 g/mol. The van der Waals surface area contributed by atoms with E-state index in [-0.39, 0.29) is 11.8 Å². The molecule has 1 aliphatic heterocycles. The third kappa shape index (κ3) is 3.75. The fourth-order valence-corrected chi connectivity index (χ4v) is 2.40. The van der Waals surface area contributed by atoms with Gasteiger partial charge in [0.25, 0.3) is 0 Å². The fraction of sp³-hybridized carbons (Fsp3) is 0.462. The van der Waals surface area contributed by atoms with Gasteiger partial charge in [-0.1, -0.05) is 15.9 Å². The molecule has 0 bridgehead atoms. The van der Waals surface area contributed by atoms with Crippen LogP contribution in [-0.4, -0.2) is 43.8 Å². The van der Waals surface area contributed by atoms with Crippen LogP contribution in [0.1, 0.15) is 5.56 Å². The van der Waals surface area contributed by atoms with Crippen molar-refractivity contribution in [2.75, 3.05) is 26.8 Å². The zero-order chi connectivity index (χ0) is 13.8. The second-order valence-corrected chi connectivity index (χ2v) is 5.21. The van der Waals surface area contributed by atoms with Crippen molar-refractivity contribution in [3.05, 3.63) is 34.1 Å². The highest BCUT2D eigenvalue weighted by atomic mass is 79.9. The first-order valence-corrected chi connectivity index (χ1v) is 6.75. The van der Waals surface area contributed by atoms with Gasteiger partial charge in [0.15, 0.2) is 6.10 Å². The molecule has 0 aliphatic carbocycles. The highest BCUT2D eigenvalue weighted by Crippen LogP contribution is 2.20. The number of hydrogen-bond donors (Lipinski definition) is 0. The van der Waals surface area contributed by atoms with Gasteiger partial charge in [-0.15, -0.1) is 0 Å². The van der Waals surface area contributed by atoms with Crippen LogP contribution in [0.4, 0.5) is 4.39 Å². The van der Waals surface area contributed by atoms with Crippen LogP contribution in [0.2, 0.25) is 0 Å². The number of morpholine rings is 1. The van der Waals surface area contributed by atoms with Crippen molar-refractivity contribution in [2.24, 2.45) is 0 Å². The van der Waals surface area contributed by atoms with Crippen LogP contribution >= 0.6 is 15.9 Å². The Labute approximate surface area is 119 Å². The van der Waals surface area contributed by atoms with Crippen LogP contribution in [-0.2, 0) is 20.8 Å². The first kappa shape index (κ1) is 14.4. The van der Waals surface area contributed by atoms with E-state index < -0.39 is 6.10 Å². The molecule has 1 aromatic rings. The van der Waals surface area contributed by atoms with Crippen LogP contribution in [0.25, 0.3) is 0 Å². The lowest BCUT2D eigenvalue weighted by molar-refractivity contribution is -0.160. The SMILES string of the molecule is COC(=O)[C@@H]1CN(Cc2cc(F)ccc2Br)CCO1. The Morgan fingerprint density at radius 2 is 2.42 bits per heavy atom. The molecule has 0 amide bonds. The Morgan fingerprint density at radius 3 is 3.16 bits per heavy atom. The van der Waals surface area contributed by atoms with Gasteiger partial charge in [0.05, 0.1) is 13.7 Å². The van der Waals surface area contributed by atoms with E-state index in [0.29, 0.717) is 26.2 Å². The van der Waals surface area contributed by atoms with E-state index in [1.165, 1.54) is 19.2 Å². The summed E-state index contributed by atoms with van der Waals surface area (Å²) in [5.74, 6) is -0.640. The molecule has 19 heavy (non-hydrogen) atoms. The molecule has 1 atom stereocenters. The normalized spacial score (nSPS) is 20.3. The number of halogens is 2. The Balaban J connectivity index is 2.02. The molecule has 0 aromatic heterocycles. The molecule has 6 heteroatoms. The van der Waals surface area contributed by atoms with Crippen molar-refractivity contribution < 1.29 is 18.7 Å². The summed E-state index contributed by atoms with van der Waals surface area (Å²) in [4.78, 5) is 13.5. The minimum atomic E-state index is -0.564. The van der Waals surface area contributed by atoms with Gasteiger partial charge in [-0.2, -0.15) is 0 Å². The maximum Gasteiger partial charge on any atom is 0.336 e. The minimum absolute atomic E-state index is 0.268. The lowest BCUT2D eigenvalue weighted by Gasteiger charge is -2.31. The molecule has 1 heterocycles. The Hall–Kier alpha value is -0.980. The van der Waals surface area contributed by atoms with Gasteiger partial charge in [-0.05, 0) is 23.8 Å². The molecule has 1 fully saturated rings. The summed E-state index contributed by atoms with van der Waals surface area (Å²) < 4.78 is 24.1. The largest absolute Gasteiger partial charge is 0.467 e. The molecule has 0 saturated carbocycles. The summed E-state index contributed by atoms with van der Waals surface area (Å²) in [5, 5.41) is 0.